The third-order valence-electron chi connectivity index (χ3n) is 3.81. The van der Waals surface area contributed by atoms with Crippen LogP contribution in [0.3, 0.4) is 0 Å². The van der Waals surface area contributed by atoms with Crippen molar-refractivity contribution in [3.05, 3.63) is 18.2 Å². The molecule has 1 rings (SSSR count). The molecule has 1 aromatic carbocycles. The van der Waals surface area contributed by atoms with E-state index in [1.54, 1.807) is 33.9 Å². The zero-order valence-corrected chi connectivity index (χ0v) is 17.7. The molecule has 1 aromatic rings. The Kier molecular flexibility index (Phi) is 10.8. The van der Waals surface area contributed by atoms with Crippen LogP contribution < -0.4 is 15.4 Å². The highest BCUT2D eigenvalue weighted by Crippen LogP contribution is 2.29. The Hall–Kier alpha value is -1.35. The second-order valence-corrected chi connectivity index (χ2v) is 7.57. The number of anilines is 1. The summed E-state index contributed by atoms with van der Waals surface area (Å²) in [5, 5.41) is 5.73. The molecule has 0 aliphatic heterocycles. The molecule has 0 spiro atoms. The van der Waals surface area contributed by atoms with Crippen molar-refractivity contribution >= 4 is 34.0 Å². The third-order valence-corrected chi connectivity index (χ3v) is 5.86. The Bertz CT molecular complexity index is 679. The summed E-state index contributed by atoms with van der Waals surface area (Å²) in [5.41, 5.74) is 0.364. The van der Waals surface area contributed by atoms with Gasteiger partial charge in [-0.25, -0.2) is 8.42 Å². The van der Waals surface area contributed by atoms with Crippen LogP contribution in [0.25, 0.3) is 0 Å². The van der Waals surface area contributed by atoms with E-state index in [9.17, 15) is 13.2 Å². The highest BCUT2D eigenvalue weighted by atomic mass is 35.5. The lowest BCUT2D eigenvalue weighted by Gasteiger charge is -2.20. The molecule has 1 amide bonds. The summed E-state index contributed by atoms with van der Waals surface area (Å²) >= 11 is 0. The number of amides is 1. The van der Waals surface area contributed by atoms with Gasteiger partial charge in [-0.1, -0.05) is 20.8 Å². The summed E-state index contributed by atoms with van der Waals surface area (Å²) in [6, 6.07) is 4.55. The van der Waals surface area contributed by atoms with E-state index in [1.807, 2.05) is 6.92 Å². The Labute approximate surface area is 162 Å². The molecular formula is C17H30ClN3O4S. The normalized spacial score (nSPS) is 12.4. The number of benzene rings is 1. The number of sulfonamides is 1. The molecule has 0 aromatic heterocycles. The number of nitrogens with one attached hydrogen (secondary N) is 2. The minimum atomic E-state index is -3.61. The van der Waals surface area contributed by atoms with Gasteiger partial charge in [0.2, 0.25) is 15.9 Å². The number of rotatable bonds is 10. The summed E-state index contributed by atoms with van der Waals surface area (Å²) < 4.78 is 32.3. The Morgan fingerprint density at radius 1 is 1.23 bits per heavy atom. The molecule has 26 heavy (non-hydrogen) atoms. The standard InChI is InChI=1S/C17H29N3O4S.ClH/c1-6-20(7-2)25(22,23)14-9-10-16(24-8-3)15(11-14)19-17(21)13(4)12-18-5;/h9-11,13,18H,6-8,12H2,1-5H3,(H,19,21);1H. The van der Waals surface area contributed by atoms with Gasteiger partial charge in [0.05, 0.1) is 17.2 Å². The number of ether oxygens (including phenoxy) is 1. The number of halogens is 1. The molecule has 1 atom stereocenters. The van der Waals surface area contributed by atoms with Crippen molar-refractivity contribution in [3.63, 3.8) is 0 Å². The number of nitrogens with zero attached hydrogens (tertiary/aromatic N) is 1. The van der Waals surface area contributed by atoms with Crippen LogP contribution in [0.15, 0.2) is 23.1 Å². The average Bonchev–Trinajstić information content (AvgIpc) is 2.57. The van der Waals surface area contributed by atoms with Crippen LogP contribution in [0.2, 0.25) is 0 Å². The predicted molar refractivity (Wildman–Crippen MR) is 107 cm³/mol. The van der Waals surface area contributed by atoms with Gasteiger partial charge in [-0.2, -0.15) is 4.31 Å². The summed E-state index contributed by atoms with van der Waals surface area (Å²) in [7, 11) is -1.84. The van der Waals surface area contributed by atoms with Gasteiger partial charge in [-0.3, -0.25) is 4.79 Å². The highest BCUT2D eigenvalue weighted by molar-refractivity contribution is 7.89. The van der Waals surface area contributed by atoms with Crippen LogP contribution in [0.5, 0.6) is 5.75 Å². The van der Waals surface area contributed by atoms with Crippen molar-refractivity contribution in [1.82, 2.24) is 9.62 Å². The second kappa shape index (κ2) is 11.4. The van der Waals surface area contributed by atoms with E-state index in [0.29, 0.717) is 37.7 Å². The van der Waals surface area contributed by atoms with Gasteiger partial charge in [-0.15, -0.1) is 12.4 Å². The molecule has 7 nitrogen and oxygen atoms in total. The number of hydrogen-bond donors (Lipinski definition) is 2. The fraction of sp³-hybridized carbons (Fsp3) is 0.588. The lowest BCUT2D eigenvalue weighted by molar-refractivity contribution is -0.119. The molecule has 0 heterocycles. The lowest BCUT2D eigenvalue weighted by atomic mass is 10.1. The zero-order chi connectivity index (χ0) is 19.0. The van der Waals surface area contributed by atoms with E-state index in [0.717, 1.165) is 0 Å². The summed E-state index contributed by atoms with van der Waals surface area (Å²) in [5.74, 6) is -0.0128. The van der Waals surface area contributed by atoms with E-state index in [-0.39, 0.29) is 29.1 Å². The van der Waals surface area contributed by atoms with Crippen molar-refractivity contribution < 1.29 is 17.9 Å². The van der Waals surface area contributed by atoms with E-state index in [2.05, 4.69) is 10.6 Å². The molecule has 2 N–H and O–H groups in total. The molecular weight excluding hydrogens is 378 g/mol. The number of carbonyl (C=O) groups excluding carboxylic acids is 1. The molecule has 1 unspecified atom stereocenters. The monoisotopic (exact) mass is 407 g/mol. The van der Waals surface area contributed by atoms with E-state index >= 15 is 0 Å². The van der Waals surface area contributed by atoms with E-state index < -0.39 is 10.0 Å². The van der Waals surface area contributed by atoms with Crippen molar-refractivity contribution in [3.8, 4) is 5.75 Å². The van der Waals surface area contributed by atoms with Crippen molar-refractivity contribution in [2.45, 2.75) is 32.6 Å². The van der Waals surface area contributed by atoms with Gasteiger partial charge in [-0.05, 0) is 32.2 Å². The van der Waals surface area contributed by atoms with Crippen LogP contribution in [0, 0.1) is 5.92 Å². The van der Waals surface area contributed by atoms with Crippen LogP contribution in [0.1, 0.15) is 27.7 Å². The molecule has 150 valence electrons. The first kappa shape index (κ1) is 24.7. The largest absolute Gasteiger partial charge is 0.492 e. The molecule has 0 fully saturated rings. The molecule has 0 aliphatic rings. The maximum Gasteiger partial charge on any atom is 0.243 e. The fourth-order valence-corrected chi connectivity index (χ4v) is 3.90. The smallest absolute Gasteiger partial charge is 0.243 e. The summed E-state index contributed by atoms with van der Waals surface area (Å²) in [6.07, 6.45) is 0. The van der Waals surface area contributed by atoms with Gasteiger partial charge >= 0.3 is 0 Å². The first-order valence-electron chi connectivity index (χ1n) is 8.54. The Morgan fingerprint density at radius 2 is 1.85 bits per heavy atom. The Morgan fingerprint density at radius 3 is 2.35 bits per heavy atom. The first-order valence-corrected chi connectivity index (χ1v) is 9.98. The van der Waals surface area contributed by atoms with Crippen molar-refractivity contribution in [2.24, 2.45) is 5.92 Å². The molecule has 0 bridgehead atoms. The summed E-state index contributed by atoms with van der Waals surface area (Å²) in [4.78, 5) is 12.4. The molecule has 0 aliphatic carbocycles. The molecule has 0 saturated carbocycles. The lowest BCUT2D eigenvalue weighted by Crippen LogP contribution is -2.31. The molecule has 0 radical (unpaired) electrons. The molecule has 9 heteroatoms. The van der Waals surface area contributed by atoms with Crippen LogP contribution in [0.4, 0.5) is 5.69 Å². The fourth-order valence-electron chi connectivity index (χ4n) is 2.42. The maximum atomic E-state index is 12.7. The second-order valence-electron chi connectivity index (χ2n) is 5.63. The van der Waals surface area contributed by atoms with Crippen molar-refractivity contribution in [1.29, 1.82) is 0 Å². The zero-order valence-electron chi connectivity index (χ0n) is 16.0. The predicted octanol–water partition coefficient (Wildman–Crippen LogP) is 2.33. The number of hydrogen-bond acceptors (Lipinski definition) is 5. The molecule has 0 saturated heterocycles. The van der Waals surface area contributed by atoms with Crippen LogP contribution >= 0.6 is 12.4 Å². The van der Waals surface area contributed by atoms with Gasteiger partial charge in [0.15, 0.2) is 0 Å². The average molecular weight is 408 g/mol. The first-order chi connectivity index (χ1) is 11.8. The maximum absolute atomic E-state index is 12.7. The van der Waals surface area contributed by atoms with Crippen LogP contribution in [-0.4, -0.2) is 51.9 Å². The Balaban J connectivity index is 0.00000625. The minimum Gasteiger partial charge on any atom is -0.492 e. The SMILES string of the molecule is CCOc1ccc(S(=O)(=O)N(CC)CC)cc1NC(=O)C(C)CNC.Cl. The quantitative estimate of drug-likeness (QED) is 0.621. The topological polar surface area (TPSA) is 87.7 Å². The number of carbonyl (C=O) groups is 1. The third kappa shape index (κ3) is 6.12. The minimum absolute atomic E-state index is 0. The van der Waals surface area contributed by atoms with E-state index in [1.165, 1.54) is 16.4 Å². The van der Waals surface area contributed by atoms with Gasteiger partial charge in [0, 0.05) is 25.6 Å². The van der Waals surface area contributed by atoms with Crippen molar-refractivity contribution in [2.75, 3.05) is 38.6 Å². The van der Waals surface area contributed by atoms with Gasteiger partial charge in [0.25, 0.3) is 0 Å². The highest BCUT2D eigenvalue weighted by Gasteiger charge is 2.24. The van der Waals surface area contributed by atoms with Gasteiger partial charge in [0.1, 0.15) is 5.75 Å². The van der Waals surface area contributed by atoms with Gasteiger partial charge < -0.3 is 15.4 Å². The van der Waals surface area contributed by atoms with Crippen LogP contribution in [-0.2, 0) is 14.8 Å². The summed E-state index contributed by atoms with van der Waals surface area (Å²) in [6.45, 7) is 8.90. The van der Waals surface area contributed by atoms with E-state index in [4.69, 9.17) is 4.74 Å².